The van der Waals surface area contributed by atoms with Crippen LogP contribution in [-0.2, 0) is 10.1 Å². The lowest BCUT2D eigenvalue weighted by molar-refractivity contribution is 0.103. The normalized spacial score (nSPS) is 13.1. The van der Waals surface area contributed by atoms with Crippen LogP contribution >= 0.6 is 0 Å². The minimum Gasteiger partial charge on any atom is -0.744 e. The van der Waals surface area contributed by atoms with Crippen molar-refractivity contribution < 1.29 is 22.9 Å². The van der Waals surface area contributed by atoms with Crippen molar-refractivity contribution >= 4 is 21.6 Å². The quantitative estimate of drug-likeness (QED) is 0.581. The fraction of sp³-hybridized carbons (Fsp3) is 0. The Hall–Kier alpha value is -2.55. The van der Waals surface area contributed by atoms with Crippen LogP contribution in [0.1, 0.15) is 27.0 Å². The van der Waals surface area contributed by atoms with Crippen LogP contribution in [-0.4, -0.2) is 29.6 Å². The fourth-order valence-corrected chi connectivity index (χ4v) is 2.97. The first kappa shape index (κ1) is 15.8. The average Bonchev–Trinajstić information content (AvgIpc) is 2.43. The Balaban J connectivity index is 0.00000176. The highest BCUT2D eigenvalue weighted by molar-refractivity contribution is 7.85. The van der Waals surface area contributed by atoms with Crippen molar-refractivity contribution in [3.63, 3.8) is 0 Å². The van der Waals surface area contributed by atoms with Crippen molar-refractivity contribution in [1.82, 2.24) is 6.15 Å². The summed E-state index contributed by atoms with van der Waals surface area (Å²) in [6.07, 6.45) is 0. The number of ketones is 1. The molecule has 0 saturated heterocycles. The zero-order chi connectivity index (χ0) is 15.4. The summed E-state index contributed by atoms with van der Waals surface area (Å²) in [6.45, 7) is 0. The van der Waals surface area contributed by atoms with E-state index in [9.17, 15) is 22.9 Å². The molecule has 0 aromatic heterocycles. The SMILES string of the molecule is N=C1c2ccccc2C(=O)c2ccc(S(=O)(=O)[O-])c(O)c21.[NH4+]. The van der Waals surface area contributed by atoms with Gasteiger partial charge in [0.1, 0.15) is 15.9 Å². The van der Waals surface area contributed by atoms with Gasteiger partial charge in [-0.3, -0.25) is 10.2 Å². The van der Waals surface area contributed by atoms with E-state index < -0.39 is 26.5 Å². The van der Waals surface area contributed by atoms with Gasteiger partial charge in [0.2, 0.25) is 0 Å². The second-order valence-electron chi connectivity index (χ2n) is 4.54. The maximum atomic E-state index is 12.3. The maximum Gasteiger partial charge on any atom is 0.194 e. The number of nitrogens with one attached hydrogen (secondary N) is 1. The Kier molecular flexibility index (Phi) is 3.61. The Bertz CT molecular complexity index is 919. The summed E-state index contributed by atoms with van der Waals surface area (Å²) in [4.78, 5) is 11.5. The first-order valence-electron chi connectivity index (χ1n) is 5.87. The van der Waals surface area contributed by atoms with Crippen LogP contribution in [0.2, 0.25) is 0 Å². The first-order chi connectivity index (χ1) is 9.82. The molecule has 1 aliphatic carbocycles. The third kappa shape index (κ3) is 2.10. The van der Waals surface area contributed by atoms with Crippen molar-refractivity contribution in [3.05, 3.63) is 58.7 Å². The van der Waals surface area contributed by atoms with E-state index in [0.717, 1.165) is 12.1 Å². The number of hydrogen-bond acceptors (Lipinski definition) is 6. The fourth-order valence-electron chi connectivity index (χ4n) is 2.39. The average molecular weight is 320 g/mol. The molecular formula is C14H12N2O5S. The highest BCUT2D eigenvalue weighted by Gasteiger charge is 2.31. The zero-order valence-electron chi connectivity index (χ0n) is 11.5. The molecule has 7 nitrogen and oxygen atoms in total. The van der Waals surface area contributed by atoms with Crippen molar-refractivity contribution in [2.24, 2.45) is 0 Å². The summed E-state index contributed by atoms with van der Waals surface area (Å²) < 4.78 is 33.3. The Morgan fingerprint density at radius 1 is 1.00 bits per heavy atom. The number of benzene rings is 2. The van der Waals surface area contributed by atoms with Crippen LogP contribution in [0.5, 0.6) is 5.75 Å². The largest absolute Gasteiger partial charge is 0.744 e. The van der Waals surface area contributed by atoms with Gasteiger partial charge >= 0.3 is 0 Å². The van der Waals surface area contributed by atoms with Gasteiger partial charge in [-0.2, -0.15) is 0 Å². The number of carbonyl (C=O) groups is 1. The molecule has 0 fully saturated rings. The lowest BCUT2D eigenvalue weighted by atomic mass is 9.83. The molecule has 0 saturated carbocycles. The second kappa shape index (κ2) is 5.02. The van der Waals surface area contributed by atoms with Crippen LogP contribution in [0.25, 0.3) is 0 Å². The van der Waals surface area contributed by atoms with Crippen molar-refractivity contribution in [2.75, 3.05) is 0 Å². The van der Waals surface area contributed by atoms with Gasteiger partial charge in [0.15, 0.2) is 5.78 Å². The predicted molar refractivity (Wildman–Crippen MR) is 77.9 cm³/mol. The lowest BCUT2D eigenvalue weighted by Crippen LogP contribution is -2.21. The number of fused-ring (bicyclic) bond motifs is 2. The monoisotopic (exact) mass is 320 g/mol. The molecule has 0 bridgehead atoms. The Morgan fingerprint density at radius 2 is 1.59 bits per heavy atom. The molecule has 0 radical (unpaired) electrons. The minimum atomic E-state index is -4.89. The summed E-state index contributed by atoms with van der Waals surface area (Å²) in [5.74, 6) is -1.28. The summed E-state index contributed by atoms with van der Waals surface area (Å²) in [5.41, 5.74) is 0.167. The number of phenols is 1. The van der Waals surface area contributed by atoms with Gasteiger partial charge in [0, 0.05) is 16.7 Å². The Morgan fingerprint density at radius 3 is 2.18 bits per heavy atom. The summed E-state index contributed by atoms with van der Waals surface area (Å²) in [5, 5.41) is 18.1. The number of quaternary nitrogens is 1. The molecule has 8 heteroatoms. The molecular weight excluding hydrogens is 308 g/mol. The van der Waals surface area contributed by atoms with E-state index >= 15 is 0 Å². The predicted octanol–water partition coefficient (Wildman–Crippen LogP) is 1.63. The molecule has 1 aliphatic rings. The molecule has 114 valence electrons. The first-order valence-corrected chi connectivity index (χ1v) is 7.28. The van der Waals surface area contributed by atoms with Gasteiger partial charge in [0.05, 0.1) is 16.2 Å². The molecule has 2 aromatic rings. The number of carbonyl (C=O) groups excluding carboxylic acids is 1. The third-order valence-electron chi connectivity index (χ3n) is 3.35. The molecule has 0 amide bonds. The highest BCUT2D eigenvalue weighted by Crippen LogP contribution is 2.36. The van der Waals surface area contributed by atoms with Crippen LogP contribution in [0, 0.1) is 5.41 Å². The zero-order valence-corrected chi connectivity index (χ0v) is 12.3. The standard InChI is InChI=1S/C14H9NO5S.H3N/c15-12-7-3-1-2-4-8(7)13(16)9-5-6-10(21(18,19)20)14(17)11(9)12;/h1-6,15,17H,(H,18,19,20);1H3. The summed E-state index contributed by atoms with van der Waals surface area (Å²) >= 11 is 0. The van der Waals surface area contributed by atoms with Gasteiger partial charge in [-0.25, -0.2) is 8.42 Å². The van der Waals surface area contributed by atoms with Crippen LogP contribution in [0.3, 0.4) is 0 Å². The number of aromatic hydroxyl groups is 1. The van der Waals surface area contributed by atoms with E-state index in [1.54, 1.807) is 18.2 Å². The summed E-state index contributed by atoms with van der Waals surface area (Å²) in [7, 11) is -4.89. The van der Waals surface area contributed by atoms with Gasteiger partial charge in [-0.1, -0.05) is 24.3 Å². The van der Waals surface area contributed by atoms with E-state index in [2.05, 4.69) is 0 Å². The van der Waals surface area contributed by atoms with E-state index in [-0.39, 0.29) is 28.6 Å². The molecule has 0 spiro atoms. The molecule has 6 N–H and O–H groups in total. The molecule has 2 aromatic carbocycles. The topological polar surface area (TPSA) is 155 Å². The molecule has 3 rings (SSSR count). The van der Waals surface area contributed by atoms with E-state index in [1.807, 2.05) is 0 Å². The van der Waals surface area contributed by atoms with Crippen molar-refractivity contribution in [2.45, 2.75) is 4.90 Å². The van der Waals surface area contributed by atoms with Crippen LogP contribution < -0.4 is 6.15 Å². The van der Waals surface area contributed by atoms with Crippen molar-refractivity contribution in [1.29, 1.82) is 5.41 Å². The van der Waals surface area contributed by atoms with E-state index in [4.69, 9.17) is 5.41 Å². The minimum absolute atomic E-state index is 0. The van der Waals surface area contributed by atoms with Crippen LogP contribution in [0.15, 0.2) is 41.3 Å². The third-order valence-corrected chi connectivity index (χ3v) is 4.21. The van der Waals surface area contributed by atoms with Gasteiger partial charge in [-0.05, 0) is 12.1 Å². The van der Waals surface area contributed by atoms with Crippen molar-refractivity contribution in [3.8, 4) is 5.75 Å². The van der Waals surface area contributed by atoms with E-state index in [0.29, 0.717) is 5.56 Å². The molecule has 22 heavy (non-hydrogen) atoms. The molecule has 0 aliphatic heterocycles. The molecule has 0 atom stereocenters. The second-order valence-corrected chi connectivity index (χ2v) is 5.89. The highest BCUT2D eigenvalue weighted by atomic mass is 32.2. The van der Waals surface area contributed by atoms with Crippen LogP contribution in [0.4, 0.5) is 0 Å². The van der Waals surface area contributed by atoms with Gasteiger partial charge in [0.25, 0.3) is 0 Å². The van der Waals surface area contributed by atoms with Gasteiger partial charge in [-0.15, -0.1) is 0 Å². The smallest absolute Gasteiger partial charge is 0.194 e. The Labute approximate surface area is 126 Å². The number of hydrogen-bond donors (Lipinski definition) is 3. The lowest BCUT2D eigenvalue weighted by Gasteiger charge is -2.22. The molecule has 0 unspecified atom stereocenters. The number of rotatable bonds is 1. The summed E-state index contributed by atoms with van der Waals surface area (Å²) in [6, 6.07) is 8.37. The maximum absolute atomic E-state index is 12.3. The van der Waals surface area contributed by atoms with Gasteiger partial charge < -0.3 is 15.8 Å². The molecule has 0 heterocycles. The van der Waals surface area contributed by atoms with E-state index in [1.165, 1.54) is 6.07 Å². The number of phenolic OH excluding ortho intramolecular Hbond substituents is 1.